The lowest BCUT2D eigenvalue weighted by atomic mass is 9.95. The van der Waals surface area contributed by atoms with E-state index < -0.39 is 5.97 Å². The lowest BCUT2D eigenvalue weighted by molar-refractivity contribution is 0.0692. The minimum Gasteiger partial charge on any atom is -0.476 e. The molecule has 1 unspecified atom stereocenters. The molecule has 3 aromatic rings. The molecule has 1 aliphatic rings. The topological polar surface area (TPSA) is 75.2 Å². The number of carboxylic acids is 1. The van der Waals surface area contributed by atoms with Crippen molar-refractivity contribution >= 4 is 28.5 Å². The number of fused-ring (bicyclic) bond motifs is 1. The van der Waals surface area contributed by atoms with Crippen LogP contribution in [0.4, 0.5) is 0 Å². The number of halogens is 1. The Bertz CT molecular complexity index is 912. The molecule has 0 saturated carbocycles. The van der Waals surface area contributed by atoms with Crippen LogP contribution < -0.4 is 0 Å². The molecular formula is C18H15ClN2O3. The predicted molar refractivity (Wildman–Crippen MR) is 91.7 cm³/mol. The number of aromatic amines is 1. The zero-order chi connectivity index (χ0) is 16.7. The third-order valence-electron chi connectivity index (χ3n) is 4.48. The van der Waals surface area contributed by atoms with Crippen molar-refractivity contribution in [2.24, 2.45) is 0 Å². The maximum Gasteiger partial charge on any atom is 0.357 e. The van der Waals surface area contributed by atoms with Gasteiger partial charge in [-0.1, -0.05) is 35.9 Å². The molecule has 5 nitrogen and oxygen atoms in total. The van der Waals surface area contributed by atoms with Crippen LogP contribution in [0.15, 0.2) is 36.4 Å². The molecule has 0 radical (unpaired) electrons. The number of nitrogens with one attached hydrogen (secondary N) is 1. The molecule has 1 fully saturated rings. The Balaban J connectivity index is 1.76. The summed E-state index contributed by atoms with van der Waals surface area (Å²) in [5, 5.41) is 16.9. The van der Waals surface area contributed by atoms with Gasteiger partial charge in [-0.3, -0.25) is 5.10 Å². The van der Waals surface area contributed by atoms with Crippen LogP contribution in [-0.2, 0) is 4.74 Å². The minimum absolute atomic E-state index is 0.00245. The summed E-state index contributed by atoms with van der Waals surface area (Å²) >= 11 is 6.38. The lowest BCUT2D eigenvalue weighted by Gasteiger charge is -2.10. The maximum atomic E-state index is 11.3. The molecule has 1 atom stereocenters. The van der Waals surface area contributed by atoms with Crippen LogP contribution in [0.2, 0.25) is 5.02 Å². The second-order valence-corrected chi connectivity index (χ2v) is 6.34. The number of rotatable bonds is 3. The standard InChI is InChI=1S/C18H15ClN2O3/c19-15-8-16-14(17(18(22)23)21-20-16)7-13(15)11-3-1-10(2-4-11)12-5-6-24-9-12/h1-4,7-8,12H,5-6,9H2,(H,20,21)(H,22,23). The first-order chi connectivity index (χ1) is 11.6. The number of ether oxygens (including phenoxy) is 1. The maximum absolute atomic E-state index is 11.3. The first-order valence-corrected chi connectivity index (χ1v) is 8.10. The molecule has 6 heteroatoms. The van der Waals surface area contributed by atoms with Crippen molar-refractivity contribution in [2.45, 2.75) is 12.3 Å². The highest BCUT2D eigenvalue weighted by molar-refractivity contribution is 6.34. The van der Waals surface area contributed by atoms with Gasteiger partial charge in [0, 0.05) is 23.5 Å². The summed E-state index contributed by atoms with van der Waals surface area (Å²) in [5.74, 6) is -0.615. The highest BCUT2D eigenvalue weighted by Crippen LogP contribution is 2.34. The third-order valence-corrected chi connectivity index (χ3v) is 4.79. The van der Waals surface area contributed by atoms with Crippen LogP contribution >= 0.6 is 11.6 Å². The van der Waals surface area contributed by atoms with Crippen LogP contribution in [0.1, 0.15) is 28.4 Å². The van der Waals surface area contributed by atoms with Gasteiger partial charge < -0.3 is 9.84 Å². The fourth-order valence-corrected chi connectivity index (χ4v) is 3.43. The second kappa shape index (κ2) is 5.92. The SMILES string of the molecule is O=C(O)c1n[nH]c2cc(Cl)c(-c3ccc(C4CCOC4)cc3)cc12. The Morgan fingerprint density at radius 2 is 2.08 bits per heavy atom. The van der Waals surface area contributed by atoms with Gasteiger partial charge in [0.1, 0.15) is 0 Å². The number of H-pyrrole nitrogens is 1. The second-order valence-electron chi connectivity index (χ2n) is 5.94. The van der Waals surface area contributed by atoms with Crippen molar-refractivity contribution in [2.75, 3.05) is 13.2 Å². The monoisotopic (exact) mass is 342 g/mol. The molecule has 24 heavy (non-hydrogen) atoms. The van der Waals surface area contributed by atoms with Gasteiger partial charge in [-0.15, -0.1) is 0 Å². The summed E-state index contributed by atoms with van der Waals surface area (Å²) in [7, 11) is 0. The molecular weight excluding hydrogens is 328 g/mol. The zero-order valence-corrected chi connectivity index (χ0v) is 13.5. The Hall–Kier alpha value is -2.37. The number of aromatic nitrogens is 2. The Morgan fingerprint density at radius 1 is 1.29 bits per heavy atom. The van der Waals surface area contributed by atoms with E-state index >= 15 is 0 Å². The first-order valence-electron chi connectivity index (χ1n) is 7.72. The largest absolute Gasteiger partial charge is 0.476 e. The van der Waals surface area contributed by atoms with Gasteiger partial charge in [0.2, 0.25) is 0 Å². The van der Waals surface area contributed by atoms with E-state index in [1.54, 1.807) is 12.1 Å². The number of nitrogens with zero attached hydrogens (tertiary/aromatic N) is 1. The highest BCUT2D eigenvalue weighted by Gasteiger charge is 2.18. The molecule has 0 aliphatic carbocycles. The molecule has 4 rings (SSSR count). The van der Waals surface area contributed by atoms with Gasteiger partial charge >= 0.3 is 5.97 Å². The summed E-state index contributed by atoms with van der Waals surface area (Å²) in [6.45, 7) is 1.58. The number of benzene rings is 2. The molecule has 0 spiro atoms. The highest BCUT2D eigenvalue weighted by atomic mass is 35.5. The van der Waals surface area contributed by atoms with E-state index in [-0.39, 0.29) is 5.69 Å². The smallest absolute Gasteiger partial charge is 0.357 e. The minimum atomic E-state index is -1.06. The van der Waals surface area contributed by atoms with E-state index in [0.717, 1.165) is 30.8 Å². The van der Waals surface area contributed by atoms with E-state index in [1.165, 1.54) is 5.56 Å². The number of carbonyl (C=O) groups is 1. The summed E-state index contributed by atoms with van der Waals surface area (Å²) in [6.07, 6.45) is 1.04. The number of hydrogen-bond acceptors (Lipinski definition) is 3. The average Bonchev–Trinajstić information content (AvgIpc) is 3.23. The fourth-order valence-electron chi connectivity index (χ4n) is 3.15. The molecule has 2 heterocycles. The van der Waals surface area contributed by atoms with Crippen molar-refractivity contribution < 1.29 is 14.6 Å². The van der Waals surface area contributed by atoms with E-state index in [2.05, 4.69) is 22.3 Å². The molecule has 122 valence electrons. The van der Waals surface area contributed by atoms with E-state index in [0.29, 0.717) is 21.8 Å². The number of hydrogen-bond donors (Lipinski definition) is 2. The van der Waals surface area contributed by atoms with Gasteiger partial charge in [-0.25, -0.2) is 4.79 Å². The van der Waals surface area contributed by atoms with Gasteiger partial charge in [-0.05, 0) is 29.7 Å². The van der Waals surface area contributed by atoms with Crippen molar-refractivity contribution in [3.63, 3.8) is 0 Å². The Kier molecular flexibility index (Phi) is 3.75. The fraction of sp³-hybridized carbons (Fsp3) is 0.222. The predicted octanol–water partition coefficient (Wildman–Crippen LogP) is 4.09. The summed E-state index contributed by atoms with van der Waals surface area (Å²) in [4.78, 5) is 11.3. The number of carboxylic acid groups (broad SMARTS) is 1. The molecule has 1 aromatic heterocycles. The van der Waals surface area contributed by atoms with Crippen molar-refractivity contribution in [1.82, 2.24) is 10.2 Å². The Labute approximate surface area is 143 Å². The average molecular weight is 343 g/mol. The van der Waals surface area contributed by atoms with E-state index in [4.69, 9.17) is 16.3 Å². The molecule has 1 saturated heterocycles. The molecule has 2 aromatic carbocycles. The molecule has 1 aliphatic heterocycles. The van der Waals surface area contributed by atoms with Crippen molar-refractivity contribution in [3.8, 4) is 11.1 Å². The van der Waals surface area contributed by atoms with Gasteiger partial charge in [0.05, 0.1) is 17.1 Å². The summed E-state index contributed by atoms with van der Waals surface area (Å²) < 4.78 is 5.43. The summed E-state index contributed by atoms with van der Waals surface area (Å²) in [6, 6.07) is 11.7. The van der Waals surface area contributed by atoms with Crippen LogP contribution in [0, 0.1) is 0 Å². The number of aromatic carboxylic acids is 1. The lowest BCUT2D eigenvalue weighted by Crippen LogP contribution is -1.97. The Morgan fingerprint density at radius 3 is 2.75 bits per heavy atom. The van der Waals surface area contributed by atoms with E-state index in [1.807, 2.05) is 12.1 Å². The normalized spacial score (nSPS) is 17.5. The third kappa shape index (κ3) is 2.56. The first kappa shape index (κ1) is 15.2. The van der Waals surface area contributed by atoms with Crippen molar-refractivity contribution in [3.05, 3.63) is 52.7 Å². The molecule has 0 bridgehead atoms. The van der Waals surface area contributed by atoms with Gasteiger partial charge in [0.15, 0.2) is 5.69 Å². The van der Waals surface area contributed by atoms with Crippen LogP contribution in [0.5, 0.6) is 0 Å². The quantitative estimate of drug-likeness (QED) is 0.751. The van der Waals surface area contributed by atoms with Crippen molar-refractivity contribution in [1.29, 1.82) is 0 Å². The summed E-state index contributed by atoms with van der Waals surface area (Å²) in [5.41, 5.74) is 3.61. The van der Waals surface area contributed by atoms with Crippen LogP contribution in [-0.4, -0.2) is 34.5 Å². The molecule has 0 amide bonds. The van der Waals surface area contributed by atoms with Crippen LogP contribution in [0.25, 0.3) is 22.0 Å². The zero-order valence-electron chi connectivity index (χ0n) is 12.8. The van der Waals surface area contributed by atoms with Gasteiger partial charge in [-0.2, -0.15) is 5.10 Å². The van der Waals surface area contributed by atoms with Crippen LogP contribution in [0.3, 0.4) is 0 Å². The van der Waals surface area contributed by atoms with E-state index in [9.17, 15) is 9.90 Å². The molecule has 2 N–H and O–H groups in total. The van der Waals surface area contributed by atoms with Gasteiger partial charge in [0.25, 0.3) is 0 Å².